The summed E-state index contributed by atoms with van der Waals surface area (Å²) in [6.07, 6.45) is 4.24. The molecule has 0 atom stereocenters. The number of rotatable bonds is 5. The molecule has 86 valence electrons. The Morgan fingerprint density at radius 2 is 2.12 bits per heavy atom. The van der Waals surface area contributed by atoms with Gasteiger partial charge in [-0.2, -0.15) is 0 Å². The first-order chi connectivity index (χ1) is 7.70. The van der Waals surface area contributed by atoms with E-state index >= 15 is 0 Å². The molecular weight excluding hydrogens is 212 g/mol. The standard InChI is InChI=1S/C12H13F2NO/c1-15-7-3-2-4-9-5-6-11(13)10(8-16)12(9)14/h2,4-6,8,15H,3,7H2,1H3. The Labute approximate surface area is 93.0 Å². The molecule has 2 nitrogen and oxygen atoms in total. The first-order valence-corrected chi connectivity index (χ1v) is 4.95. The van der Waals surface area contributed by atoms with Crippen LogP contribution in [0.1, 0.15) is 22.3 Å². The third kappa shape index (κ3) is 2.97. The van der Waals surface area contributed by atoms with Crippen LogP contribution in [0, 0.1) is 11.6 Å². The van der Waals surface area contributed by atoms with E-state index in [1.165, 1.54) is 6.07 Å². The molecular formula is C12H13F2NO. The summed E-state index contributed by atoms with van der Waals surface area (Å²) in [6, 6.07) is 2.40. The highest BCUT2D eigenvalue weighted by Gasteiger charge is 2.10. The average molecular weight is 225 g/mol. The highest BCUT2D eigenvalue weighted by molar-refractivity contribution is 5.77. The molecule has 16 heavy (non-hydrogen) atoms. The fourth-order valence-electron chi connectivity index (χ4n) is 1.26. The Morgan fingerprint density at radius 1 is 1.38 bits per heavy atom. The van der Waals surface area contributed by atoms with Crippen molar-refractivity contribution in [1.82, 2.24) is 5.32 Å². The minimum atomic E-state index is -0.833. The average Bonchev–Trinajstić information content (AvgIpc) is 2.28. The monoisotopic (exact) mass is 225 g/mol. The normalized spacial score (nSPS) is 10.9. The minimum Gasteiger partial charge on any atom is -0.319 e. The van der Waals surface area contributed by atoms with Gasteiger partial charge in [0.25, 0.3) is 0 Å². The van der Waals surface area contributed by atoms with Crippen molar-refractivity contribution in [2.75, 3.05) is 13.6 Å². The molecule has 1 rings (SSSR count). The number of carbonyl (C=O) groups excluding carboxylic acids is 1. The summed E-state index contributed by atoms with van der Waals surface area (Å²) in [4.78, 5) is 10.5. The van der Waals surface area contributed by atoms with Gasteiger partial charge >= 0.3 is 0 Å². The van der Waals surface area contributed by atoms with Gasteiger partial charge in [0.05, 0.1) is 5.56 Å². The molecule has 0 radical (unpaired) electrons. The molecule has 0 aliphatic rings. The van der Waals surface area contributed by atoms with Gasteiger partial charge in [0.15, 0.2) is 6.29 Å². The quantitative estimate of drug-likeness (QED) is 0.616. The Kier molecular flexibility index (Phi) is 4.79. The summed E-state index contributed by atoms with van der Waals surface area (Å²) < 4.78 is 26.5. The lowest BCUT2D eigenvalue weighted by atomic mass is 10.1. The fraction of sp³-hybridized carbons (Fsp3) is 0.250. The van der Waals surface area contributed by atoms with Crippen LogP contribution in [-0.2, 0) is 0 Å². The molecule has 0 unspecified atom stereocenters. The van der Waals surface area contributed by atoms with Crippen LogP contribution >= 0.6 is 0 Å². The molecule has 0 aliphatic heterocycles. The third-order valence-electron chi connectivity index (χ3n) is 2.13. The Hall–Kier alpha value is -1.55. The molecule has 0 saturated carbocycles. The van der Waals surface area contributed by atoms with Gasteiger partial charge in [0.1, 0.15) is 11.6 Å². The Morgan fingerprint density at radius 3 is 2.75 bits per heavy atom. The predicted octanol–water partition coefficient (Wildman–Crippen LogP) is 2.40. The Bertz CT molecular complexity index is 402. The summed E-state index contributed by atoms with van der Waals surface area (Å²) in [6.45, 7) is 0.778. The van der Waals surface area contributed by atoms with Gasteiger partial charge in [-0.3, -0.25) is 4.79 Å². The number of carbonyl (C=O) groups is 1. The van der Waals surface area contributed by atoms with E-state index in [2.05, 4.69) is 5.32 Å². The summed E-state index contributed by atoms with van der Waals surface area (Å²) in [5, 5.41) is 2.94. The maximum absolute atomic E-state index is 13.5. The maximum Gasteiger partial charge on any atom is 0.155 e. The van der Waals surface area contributed by atoms with Crippen molar-refractivity contribution in [3.05, 3.63) is 41.0 Å². The minimum absolute atomic E-state index is 0.190. The van der Waals surface area contributed by atoms with Gasteiger partial charge in [0, 0.05) is 5.56 Å². The van der Waals surface area contributed by atoms with E-state index < -0.39 is 17.2 Å². The number of hydrogen-bond acceptors (Lipinski definition) is 2. The second-order valence-electron chi connectivity index (χ2n) is 3.28. The zero-order valence-corrected chi connectivity index (χ0v) is 8.97. The van der Waals surface area contributed by atoms with Crippen LogP contribution in [0.4, 0.5) is 8.78 Å². The van der Waals surface area contributed by atoms with E-state index in [0.29, 0.717) is 0 Å². The molecule has 0 saturated heterocycles. The maximum atomic E-state index is 13.5. The summed E-state index contributed by atoms with van der Waals surface area (Å²) in [5.41, 5.74) is -0.296. The molecule has 0 aromatic heterocycles. The zero-order chi connectivity index (χ0) is 12.0. The first-order valence-electron chi connectivity index (χ1n) is 4.95. The summed E-state index contributed by atoms with van der Waals surface area (Å²) >= 11 is 0. The van der Waals surface area contributed by atoms with E-state index in [-0.39, 0.29) is 11.8 Å². The van der Waals surface area contributed by atoms with Crippen molar-refractivity contribution in [2.45, 2.75) is 6.42 Å². The molecule has 0 spiro atoms. The van der Waals surface area contributed by atoms with Gasteiger partial charge in [0.2, 0.25) is 0 Å². The van der Waals surface area contributed by atoms with E-state index in [9.17, 15) is 13.6 Å². The lowest BCUT2D eigenvalue weighted by Crippen LogP contribution is -2.05. The number of halogens is 2. The lowest BCUT2D eigenvalue weighted by molar-refractivity contribution is 0.111. The van der Waals surface area contributed by atoms with Gasteiger partial charge in [-0.05, 0) is 32.1 Å². The predicted molar refractivity (Wildman–Crippen MR) is 59.3 cm³/mol. The van der Waals surface area contributed by atoms with Crippen molar-refractivity contribution < 1.29 is 13.6 Å². The van der Waals surface area contributed by atoms with Crippen LogP contribution in [0.15, 0.2) is 18.2 Å². The molecule has 0 heterocycles. The largest absolute Gasteiger partial charge is 0.319 e. The third-order valence-corrected chi connectivity index (χ3v) is 2.13. The number of nitrogens with one attached hydrogen (secondary N) is 1. The highest BCUT2D eigenvalue weighted by Crippen LogP contribution is 2.16. The number of hydrogen-bond donors (Lipinski definition) is 1. The zero-order valence-electron chi connectivity index (χ0n) is 8.97. The van der Waals surface area contributed by atoms with E-state index in [4.69, 9.17) is 0 Å². The van der Waals surface area contributed by atoms with Crippen LogP contribution in [-0.4, -0.2) is 19.9 Å². The second-order valence-corrected chi connectivity index (χ2v) is 3.28. The topological polar surface area (TPSA) is 29.1 Å². The fourth-order valence-corrected chi connectivity index (χ4v) is 1.26. The van der Waals surface area contributed by atoms with E-state index in [0.717, 1.165) is 19.0 Å². The Balaban J connectivity index is 2.89. The summed E-state index contributed by atoms with van der Waals surface area (Å²) in [7, 11) is 1.82. The van der Waals surface area contributed by atoms with Crippen molar-refractivity contribution >= 4 is 12.4 Å². The van der Waals surface area contributed by atoms with Crippen molar-refractivity contribution in [2.24, 2.45) is 0 Å². The number of aldehydes is 1. The van der Waals surface area contributed by atoms with Gasteiger partial charge in [-0.25, -0.2) is 8.78 Å². The number of benzene rings is 1. The van der Waals surface area contributed by atoms with E-state index in [1.54, 1.807) is 12.2 Å². The summed E-state index contributed by atoms with van der Waals surface area (Å²) in [5.74, 6) is -1.64. The molecule has 0 bridgehead atoms. The van der Waals surface area contributed by atoms with Crippen LogP contribution < -0.4 is 5.32 Å². The first kappa shape index (κ1) is 12.5. The smallest absolute Gasteiger partial charge is 0.155 e. The highest BCUT2D eigenvalue weighted by atomic mass is 19.1. The van der Waals surface area contributed by atoms with E-state index in [1.807, 2.05) is 7.05 Å². The van der Waals surface area contributed by atoms with Crippen molar-refractivity contribution in [1.29, 1.82) is 0 Å². The van der Waals surface area contributed by atoms with Crippen LogP contribution in [0.2, 0.25) is 0 Å². The van der Waals surface area contributed by atoms with Gasteiger partial charge < -0.3 is 5.32 Å². The van der Waals surface area contributed by atoms with Crippen LogP contribution in [0.25, 0.3) is 6.08 Å². The van der Waals surface area contributed by atoms with Crippen molar-refractivity contribution in [3.8, 4) is 0 Å². The van der Waals surface area contributed by atoms with Crippen LogP contribution in [0.5, 0.6) is 0 Å². The van der Waals surface area contributed by atoms with Gasteiger partial charge in [-0.1, -0.05) is 12.2 Å². The lowest BCUT2D eigenvalue weighted by Gasteiger charge is -2.01. The molecule has 0 amide bonds. The SMILES string of the molecule is CNCCC=Cc1ccc(F)c(C=O)c1F. The van der Waals surface area contributed by atoms with Crippen LogP contribution in [0.3, 0.4) is 0 Å². The second kappa shape index (κ2) is 6.12. The molecule has 4 heteroatoms. The molecule has 0 fully saturated rings. The van der Waals surface area contributed by atoms with Gasteiger partial charge in [-0.15, -0.1) is 0 Å². The molecule has 1 aromatic carbocycles. The molecule has 0 aliphatic carbocycles. The van der Waals surface area contributed by atoms with Crippen molar-refractivity contribution in [3.63, 3.8) is 0 Å². The molecule has 1 N–H and O–H groups in total. The molecule has 1 aromatic rings.